The largest absolute Gasteiger partial charge is 0.383 e. The van der Waals surface area contributed by atoms with Crippen LogP contribution in [0.25, 0.3) is 10.8 Å². The monoisotopic (exact) mass is 282 g/mol. The molecule has 0 unspecified atom stereocenters. The molecule has 0 atom stereocenters. The van der Waals surface area contributed by atoms with Crippen LogP contribution in [-0.2, 0) is 12.8 Å². The van der Waals surface area contributed by atoms with E-state index in [-0.39, 0.29) is 0 Å². The Kier molecular flexibility index (Phi) is 3.52. The summed E-state index contributed by atoms with van der Waals surface area (Å²) in [4.78, 5) is 12.6. The molecule has 2 aromatic heterocycles. The van der Waals surface area contributed by atoms with Crippen LogP contribution in [0.1, 0.15) is 11.3 Å². The zero-order chi connectivity index (χ0) is 13.9. The molecular weight excluding hydrogens is 268 g/mol. The average Bonchev–Trinajstić information content (AvgIpc) is 2.46. The van der Waals surface area contributed by atoms with Gasteiger partial charge in [0.2, 0.25) is 0 Å². The Morgan fingerprint density at radius 3 is 2.60 bits per heavy atom. The molecule has 2 heterocycles. The average molecular weight is 282 g/mol. The lowest BCUT2D eigenvalue weighted by molar-refractivity contribution is 0.877. The van der Waals surface area contributed by atoms with Gasteiger partial charge < -0.3 is 5.73 Å². The number of fused-ring (bicyclic) bond motifs is 1. The molecule has 0 spiro atoms. The topological polar surface area (TPSA) is 64.7 Å². The summed E-state index contributed by atoms with van der Waals surface area (Å²) in [6, 6.07) is 10.3. The van der Waals surface area contributed by atoms with E-state index in [1.165, 1.54) is 5.39 Å². The number of hydrogen-bond donors (Lipinski definition) is 2. The van der Waals surface area contributed by atoms with Crippen LogP contribution < -0.4 is 5.73 Å². The van der Waals surface area contributed by atoms with Gasteiger partial charge in [-0.1, -0.05) is 24.3 Å². The van der Waals surface area contributed by atoms with Gasteiger partial charge in [-0.05, 0) is 24.3 Å². The Balaban J connectivity index is 1.79. The molecule has 0 aliphatic rings. The quantitative estimate of drug-likeness (QED) is 0.572. The molecule has 0 radical (unpaired) electrons. The summed E-state index contributed by atoms with van der Waals surface area (Å²) in [5, 5.41) is 2.75. The first kappa shape index (κ1) is 12.9. The van der Waals surface area contributed by atoms with Crippen molar-refractivity contribution in [2.24, 2.45) is 0 Å². The zero-order valence-electron chi connectivity index (χ0n) is 10.8. The van der Waals surface area contributed by atoms with Gasteiger partial charge >= 0.3 is 0 Å². The molecule has 4 nitrogen and oxygen atoms in total. The molecule has 100 valence electrons. The first-order valence-electron chi connectivity index (χ1n) is 6.36. The smallest absolute Gasteiger partial charge is 0.186 e. The van der Waals surface area contributed by atoms with Crippen molar-refractivity contribution in [1.82, 2.24) is 15.0 Å². The van der Waals surface area contributed by atoms with Crippen molar-refractivity contribution < 1.29 is 0 Å². The summed E-state index contributed by atoms with van der Waals surface area (Å²) in [6.45, 7) is 0. The Labute approximate surface area is 122 Å². The Morgan fingerprint density at radius 2 is 1.80 bits per heavy atom. The second-order valence-electron chi connectivity index (χ2n) is 4.60. The summed E-state index contributed by atoms with van der Waals surface area (Å²) in [6.07, 6.45) is 5.21. The predicted octanol–water partition coefficient (Wildman–Crippen LogP) is 2.68. The third kappa shape index (κ3) is 2.72. The van der Waals surface area contributed by atoms with E-state index in [4.69, 9.17) is 5.73 Å². The van der Waals surface area contributed by atoms with Gasteiger partial charge in [-0.15, -0.1) is 12.6 Å². The van der Waals surface area contributed by atoms with Crippen LogP contribution >= 0.6 is 12.6 Å². The first-order chi connectivity index (χ1) is 9.72. The summed E-state index contributed by atoms with van der Waals surface area (Å²) in [5.74, 6) is 0.491. The van der Waals surface area contributed by atoms with Crippen LogP contribution in [0.2, 0.25) is 0 Å². The molecule has 20 heavy (non-hydrogen) atoms. The predicted molar refractivity (Wildman–Crippen MR) is 82.8 cm³/mol. The molecular formula is C15H14N4S. The molecule has 5 heteroatoms. The van der Waals surface area contributed by atoms with Gasteiger partial charge in [0.15, 0.2) is 5.16 Å². The van der Waals surface area contributed by atoms with E-state index in [1.807, 2.05) is 18.3 Å². The van der Waals surface area contributed by atoms with E-state index < -0.39 is 0 Å². The molecule has 0 aliphatic carbocycles. The van der Waals surface area contributed by atoms with Gasteiger partial charge in [0.25, 0.3) is 0 Å². The highest BCUT2D eigenvalue weighted by atomic mass is 32.1. The lowest BCUT2D eigenvalue weighted by atomic mass is 10.1. The van der Waals surface area contributed by atoms with Gasteiger partial charge in [-0.3, -0.25) is 4.98 Å². The van der Waals surface area contributed by atoms with Crippen molar-refractivity contribution in [3.63, 3.8) is 0 Å². The van der Waals surface area contributed by atoms with E-state index in [0.29, 0.717) is 11.0 Å². The highest BCUT2D eigenvalue weighted by Gasteiger charge is 2.04. The number of benzene rings is 1. The van der Waals surface area contributed by atoms with E-state index in [1.54, 1.807) is 6.20 Å². The van der Waals surface area contributed by atoms with E-state index in [9.17, 15) is 0 Å². The number of pyridine rings is 1. The van der Waals surface area contributed by atoms with Crippen LogP contribution in [-0.4, -0.2) is 15.0 Å². The number of nitrogen functional groups attached to an aromatic ring is 1. The van der Waals surface area contributed by atoms with Crippen molar-refractivity contribution in [3.05, 3.63) is 54.0 Å². The third-order valence-corrected chi connectivity index (χ3v) is 3.44. The van der Waals surface area contributed by atoms with Crippen LogP contribution in [0, 0.1) is 0 Å². The van der Waals surface area contributed by atoms with Crippen molar-refractivity contribution in [1.29, 1.82) is 0 Å². The molecule has 0 saturated heterocycles. The molecule has 0 bridgehead atoms. The molecule has 0 amide bonds. The van der Waals surface area contributed by atoms with Crippen molar-refractivity contribution >= 4 is 29.2 Å². The van der Waals surface area contributed by atoms with Crippen LogP contribution in [0.5, 0.6) is 0 Å². The minimum Gasteiger partial charge on any atom is -0.383 e. The molecule has 2 N–H and O–H groups in total. The standard InChI is InChI=1S/C15H14N4S/c16-14-12(9-18-15(20)19-14)5-6-13-7-10-3-1-2-4-11(10)8-17-13/h1-4,7-9H,5-6H2,(H3,16,18,19,20). The summed E-state index contributed by atoms with van der Waals surface area (Å²) < 4.78 is 0. The normalized spacial score (nSPS) is 10.8. The van der Waals surface area contributed by atoms with Gasteiger partial charge in [-0.2, -0.15) is 0 Å². The van der Waals surface area contributed by atoms with Crippen molar-refractivity contribution in [2.75, 3.05) is 5.73 Å². The number of rotatable bonds is 3. The van der Waals surface area contributed by atoms with E-state index in [0.717, 1.165) is 29.5 Å². The Bertz CT molecular complexity index is 758. The highest BCUT2D eigenvalue weighted by Crippen LogP contribution is 2.16. The van der Waals surface area contributed by atoms with Crippen LogP contribution in [0.3, 0.4) is 0 Å². The number of anilines is 1. The first-order valence-corrected chi connectivity index (χ1v) is 6.81. The van der Waals surface area contributed by atoms with E-state index >= 15 is 0 Å². The lowest BCUT2D eigenvalue weighted by Crippen LogP contribution is -2.02. The fraction of sp³-hybridized carbons (Fsp3) is 0.133. The van der Waals surface area contributed by atoms with E-state index in [2.05, 4.69) is 45.8 Å². The van der Waals surface area contributed by atoms with Crippen molar-refractivity contribution in [3.8, 4) is 0 Å². The Morgan fingerprint density at radius 1 is 1.00 bits per heavy atom. The zero-order valence-corrected chi connectivity index (χ0v) is 11.7. The summed E-state index contributed by atoms with van der Waals surface area (Å²) in [5.41, 5.74) is 7.82. The molecule has 0 aliphatic heterocycles. The van der Waals surface area contributed by atoms with Crippen molar-refractivity contribution in [2.45, 2.75) is 18.0 Å². The number of aromatic nitrogens is 3. The van der Waals surface area contributed by atoms with Gasteiger partial charge in [0.05, 0.1) is 0 Å². The number of aryl methyl sites for hydroxylation is 2. The molecule has 3 rings (SSSR count). The Hall–Kier alpha value is -2.14. The number of nitrogens with two attached hydrogens (primary N) is 1. The summed E-state index contributed by atoms with van der Waals surface area (Å²) >= 11 is 4.07. The molecule has 1 aromatic carbocycles. The third-order valence-electron chi connectivity index (χ3n) is 3.22. The second-order valence-corrected chi connectivity index (χ2v) is 5.00. The number of nitrogens with zero attached hydrogens (tertiary/aromatic N) is 3. The van der Waals surface area contributed by atoms with Crippen LogP contribution in [0.15, 0.2) is 47.9 Å². The molecule has 0 fully saturated rings. The molecule has 0 saturated carbocycles. The fourth-order valence-electron chi connectivity index (χ4n) is 2.13. The van der Waals surface area contributed by atoms with Gasteiger partial charge in [-0.25, -0.2) is 9.97 Å². The summed E-state index contributed by atoms with van der Waals surface area (Å²) in [7, 11) is 0. The number of hydrogen-bond acceptors (Lipinski definition) is 5. The second kappa shape index (κ2) is 5.46. The van der Waals surface area contributed by atoms with Crippen LogP contribution in [0.4, 0.5) is 5.82 Å². The fourth-order valence-corrected chi connectivity index (χ4v) is 2.30. The highest BCUT2D eigenvalue weighted by molar-refractivity contribution is 7.80. The van der Waals surface area contributed by atoms with Gasteiger partial charge in [0.1, 0.15) is 5.82 Å². The maximum Gasteiger partial charge on any atom is 0.186 e. The SMILES string of the molecule is Nc1nc(S)ncc1CCc1cc2ccccc2cn1. The minimum absolute atomic E-state index is 0.398. The maximum absolute atomic E-state index is 5.86. The maximum atomic E-state index is 5.86. The lowest BCUT2D eigenvalue weighted by Gasteiger charge is -2.05. The molecule has 3 aromatic rings. The minimum atomic E-state index is 0.398. The van der Waals surface area contributed by atoms with Gasteiger partial charge in [0, 0.05) is 29.0 Å². The number of thiol groups is 1.